The van der Waals surface area contributed by atoms with Crippen LogP contribution in [-0.4, -0.2) is 16.8 Å². The van der Waals surface area contributed by atoms with Crippen molar-refractivity contribution in [3.05, 3.63) is 0 Å². The molecule has 1 rings (SSSR count). The molecule has 0 saturated carbocycles. The lowest BCUT2D eigenvalue weighted by Crippen LogP contribution is -1.72. The maximum absolute atomic E-state index is 9.70. The minimum atomic E-state index is -3.87. The Labute approximate surface area is 39.8 Å². The van der Waals surface area contributed by atoms with Gasteiger partial charge in [0.25, 0.3) is 0 Å². The second kappa shape index (κ2) is 0.837. The van der Waals surface area contributed by atoms with Crippen LogP contribution in [0.15, 0.2) is 0 Å². The van der Waals surface area contributed by atoms with Crippen LogP contribution in [0.2, 0.25) is 0 Å². The van der Waals surface area contributed by atoms with E-state index in [0.29, 0.717) is 0 Å². The first-order valence-electron chi connectivity index (χ1n) is 1.24. The highest BCUT2D eigenvalue weighted by molar-refractivity contribution is 8.79. The first-order chi connectivity index (χ1) is 2.96. The summed E-state index contributed by atoms with van der Waals surface area (Å²) in [5, 5.41) is 0. The number of hydrogen-bond acceptors (Lipinski definition) is 4. The van der Waals surface area contributed by atoms with Gasteiger partial charge in [0, 0.05) is 0 Å². The van der Waals surface area contributed by atoms with Crippen molar-refractivity contribution in [1.82, 2.24) is 4.13 Å². The lowest BCUT2D eigenvalue weighted by Gasteiger charge is -1.45. The molecule has 0 spiro atoms. The third-order valence-corrected chi connectivity index (χ3v) is 4.20. The molecule has 0 bridgehead atoms. The summed E-state index contributed by atoms with van der Waals surface area (Å²) in [5.41, 5.74) is 0. The Balaban J connectivity index is 3.55. The molecule has 1 fully saturated rings. The van der Waals surface area contributed by atoms with Gasteiger partial charge in [-0.15, -0.1) is 0 Å². The first-order valence-corrected chi connectivity index (χ1v) is 4.72. The van der Waals surface area contributed by atoms with E-state index in [-0.39, 0.29) is 0 Å². The van der Waals surface area contributed by atoms with Crippen molar-refractivity contribution in [3.8, 4) is 0 Å². The number of hydrogen-bond donors (Lipinski definition) is 1. The Kier molecular flexibility index (Phi) is 0.598. The van der Waals surface area contributed by atoms with Gasteiger partial charge in [-0.2, -0.15) is 16.8 Å². The molecular formula is HNO4S2. The predicted molar refractivity (Wildman–Crippen MR) is 21.0 cm³/mol. The quantitative estimate of drug-likeness (QED) is 0.319. The average Bonchev–Trinajstić information content (AvgIpc) is 1.63. The Morgan fingerprint density at radius 1 is 0.857 bits per heavy atom. The molecule has 1 saturated heterocycles. The fourth-order valence-electron chi connectivity index (χ4n) is 0.111. The van der Waals surface area contributed by atoms with Crippen LogP contribution in [-0.2, 0) is 18.1 Å². The molecular weight excluding hydrogens is 142 g/mol. The molecule has 0 aromatic carbocycles. The van der Waals surface area contributed by atoms with Crippen molar-refractivity contribution in [2.24, 2.45) is 0 Å². The topological polar surface area (TPSA) is 90.2 Å². The second-order valence-corrected chi connectivity index (χ2v) is 6.11. The van der Waals surface area contributed by atoms with E-state index in [2.05, 4.69) is 0 Å². The fraction of sp³-hybridized carbons (Fsp3) is 0. The monoisotopic (exact) mass is 143 g/mol. The van der Waals surface area contributed by atoms with Crippen molar-refractivity contribution in [2.75, 3.05) is 0 Å². The zero-order valence-electron chi connectivity index (χ0n) is 2.95. The number of nitrogens with one attached hydrogen (secondary N) is 1. The minimum absolute atomic E-state index is 1.29. The van der Waals surface area contributed by atoms with Crippen molar-refractivity contribution in [1.29, 1.82) is 0 Å². The van der Waals surface area contributed by atoms with Crippen LogP contribution < -0.4 is 4.13 Å². The fourth-order valence-corrected chi connectivity index (χ4v) is 2.00. The zero-order valence-corrected chi connectivity index (χ0v) is 4.58. The third kappa shape index (κ3) is 0.528. The third-order valence-electron chi connectivity index (χ3n) is 0.467. The van der Waals surface area contributed by atoms with Crippen molar-refractivity contribution < 1.29 is 16.8 Å². The van der Waals surface area contributed by atoms with Gasteiger partial charge in [0.05, 0.1) is 0 Å². The summed E-state index contributed by atoms with van der Waals surface area (Å²) in [6.45, 7) is 0. The lowest BCUT2D eigenvalue weighted by molar-refractivity contribution is 0.603. The molecule has 0 aromatic heterocycles. The van der Waals surface area contributed by atoms with E-state index < -0.39 is 18.1 Å². The van der Waals surface area contributed by atoms with Crippen LogP contribution in [0.5, 0.6) is 0 Å². The van der Waals surface area contributed by atoms with Gasteiger partial charge in [0.15, 0.2) is 0 Å². The summed E-state index contributed by atoms with van der Waals surface area (Å²) in [5.74, 6) is 0. The maximum atomic E-state index is 9.70. The SMILES string of the molecule is O=S1(=O)NS1(=O)=O. The maximum Gasteiger partial charge on any atom is 0.345 e. The highest BCUT2D eigenvalue weighted by atomic mass is 33.2. The molecule has 0 radical (unpaired) electrons. The van der Waals surface area contributed by atoms with E-state index in [1.54, 1.807) is 0 Å². The molecule has 0 unspecified atom stereocenters. The van der Waals surface area contributed by atoms with Crippen LogP contribution in [0.3, 0.4) is 0 Å². The zero-order chi connectivity index (χ0) is 5.71. The van der Waals surface area contributed by atoms with E-state index in [9.17, 15) is 16.8 Å². The average molecular weight is 143 g/mol. The molecule has 7 heavy (non-hydrogen) atoms. The highest BCUT2D eigenvalue weighted by Crippen LogP contribution is 2.12. The van der Waals surface area contributed by atoms with Gasteiger partial charge in [-0.05, 0) is 0 Å². The van der Waals surface area contributed by atoms with Gasteiger partial charge >= 0.3 is 18.1 Å². The van der Waals surface area contributed by atoms with Gasteiger partial charge < -0.3 is 0 Å². The number of rotatable bonds is 0. The predicted octanol–water partition coefficient (Wildman–Crippen LogP) is -1.84. The van der Waals surface area contributed by atoms with E-state index in [1.165, 1.54) is 4.13 Å². The standard InChI is InChI=1S/HNO4S2/c2-6(3)1-7(6,4)5/h1H. The Morgan fingerprint density at radius 2 is 1.00 bits per heavy atom. The lowest BCUT2D eigenvalue weighted by atomic mass is 13.9. The summed E-state index contributed by atoms with van der Waals surface area (Å²) >= 11 is 0. The van der Waals surface area contributed by atoms with Gasteiger partial charge in [0.2, 0.25) is 0 Å². The normalized spacial score (nSPS) is 32.0. The molecule has 0 aliphatic carbocycles. The van der Waals surface area contributed by atoms with Crippen LogP contribution in [0.4, 0.5) is 0 Å². The van der Waals surface area contributed by atoms with E-state index in [1.807, 2.05) is 0 Å². The van der Waals surface area contributed by atoms with Crippen LogP contribution in [0.25, 0.3) is 0 Å². The van der Waals surface area contributed by atoms with Gasteiger partial charge in [-0.3, -0.25) is 0 Å². The first kappa shape index (κ1) is 5.01. The van der Waals surface area contributed by atoms with E-state index in [4.69, 9.17) is 0 Å². The van der Waals surface area contributed by atoms with Crippen LogP contribution in [0.1, 0.15) is 0 Å². The highest BCUT2D eigenvalue weighted by Gasteiger charge is 2.50. The summed E-state index contributed by atoms with van der Waals surface area (Å²) in [4.78, 5) is 0. The minimum Gasteiger partial charge on any atom is -0.193 e. The van der Waals surface area contributed by atoms with E-state index >= 15 is 0 Å². The van der Waals surface area contributed by atoms with Crippen LogP contribution in [0, 0.1) is 0 Å². The largest absolute Gasteiger partial charge is 0.345 e. The smallest absolute Gasteiger partial charge is 0.193 e. The molecule has 1 heterocycles. The Morgan fingerprint density at radius 3 is 1.00 bits per heavy atom. The van der Waals surface area contributed by atoms with Crippen molar-refractivity contribution >= 4 is 18.1 Å². The van der Waals surface area contributed by atoms with Crippen molar-refractivity contribution in [2.45, 2.75) is 0 Å². The summed E-state index contributed by atoms with van der Waals surface area (Å²) in [7, 11) is -7.75. The summed E-state index contributed by atoms with van der Waals surface area (Å²) < 4.78 is 40.1. The summed E-state index contributed by atoms with van der Waals surface area (Å²) in [6, 6.07) is 0. The van der Waals surface area contributed by atoms with E-state index in [0.717, 1.165) is 0 Å². The Hall–Kier alpha value is -0.140. The van der Waals surface area contributed by atoms with Gasteiger partial charge in [-0.25, -0.2) is 0 Å². The molecule has 5 nitrogen and oxygen atoms in total. The molecule has 42 valence electrons. The summed E-state index contributed by atoms with van der Waals surface area (Å²) in [6.07, 6.45) is 0. The second-order valence-electron chi connectivity index (χ2n) is 0.992. The molecule has 1 N–H and O–H groups in total. The Bertz CT molecular complexity index is 235. The van der Waals surface area contributed by atoms with Crippen LogP contribution >= 0.6 is 0 Å². The molecule has 7 heteroatoms. The molecule has 0 atom stereocenters. The van der Waals surface area contributed by atoms with Gasteiger partial charge in [0.1, 0.15) is 0 Å². The molecule has 1 aliphatic heterocycles. The molecule has 0 amide bonds. The van der Waals surface area contributed by atoms with Gasteiger partial charge in [-0.1, -0.05) is 4.13 Å². The molecule has 1 aliphatic rings. The van der Waals surface area contributed by atoms with Crippen molar-refractivity contribution in [3.63, 3.8) is 0 Å². The molecule has 0 aromatic rings.